The number of aromatic hydroxyl groups is 1. The average Bonchev–Trinajstić information content (AvgIpc) is 2.72. The van der Waals surface area contributed by atoms with Crippen molar-refractivity contribution in [3.05, 3.63) is 59.7 Å². The van der Waals surface area contributed by atoms with Gasteiger partial charge >= 0.3 is 0 Å². The first-order valence-corrected chi connectivity index (χ1v) is 10.9. The number of ether oxygens (including phenoxy) is 2. The summed E-state index contributed by atoms with van der Waals surface area (Å²) in [7, 11) is 0. The lowest BCUT2D eigenvalue weighted by Crippen LogP contribution is -2.19. The molecule has 0 fully saturated rings. The number of phenolic OH excluding ortho intramolecular Hbond substituents is 1. The van der Waals surface area contributed by atoms with Crippen molar-refractivity contribution in [1.82, 2.24) is 0 Å². The summed E-state index contributed by atoms with van der Waals surface area (Å²) in [6, 6.07) is 15.8. The molecule has 162 valence electrons. The van der Waals surface area contributed by atoms with E-state index in [4.69, 9.17) is 14.6 Å². The first-order valence-electron chi connectivity index (χ1n) is 10.9. The molecule has 3 nitrogen and oxygen atoms in total. The van der Waals surface area contributed by atoms with Crippen LogP contribution in [-0.2, 0) is 4.74 Å². The molecule has 3 atom stereocenters. The predicted octanol–water partition coefficient (Wildman–Crippen LogP) is 7.50. The minimum atomic E-state index is -0.193. The van der Waals surface area contributed by atoms with Crippen molar-refractivity contribution in [3.8, 4) is 11.5 Å². The van der Waals surface area contributed by atoms with Crippen molar-refractivity contribution in [2.45, 2.75) is 79.4 Å². The van der Waals surface area contributed by atoms with Gasteiger partial charge in [0.25, 0.3) is 0 Å². The van der Waals surface area contributed by atoms with Gasteiger partial charge in [0.2, 0.25) is 0 Å². The van der Waals surface area contributed by atoms with Crippen molar-refractivity contribution < 1.29 is 14.6 Å². The zero-order valence-electron chi connectivity index (χ0n) is 19.3. The second-order valence-corrected chi connectivity index (χ2v) is 8.19. The highest BCUT2D eigenvalue weighted by atomic mass is 16.7. The largest absolute Gasteiger partial charge is 0.508 e. The topological polar surface area (TPSA) is 38.7 Å². The van der Waals surface area contributed by atoms with Crippen LogP contribution in [0.3, 0.4) is 0 Å². The van der Waals surface area contributed by atoms with Crippen LogP contribution in [0.4, 0.5) is 0 Å². The zero-order valence-corrected chi connectivity index (χ0v) is 19.3. The Morgan fingerprint density at radius 3 is 1.59 bits per heavy atom. The van der Waals surface area contributed by atoms with Gasteiger partial charge in [0.15, 0.2) is 6.29 Å². The third kappa shape index (κ3) is 9.85. The summed E-state index contributed by atoms with van der Waals surface area (Å²) < 4.78 is 11.3. The molecule has 0 spiro atoms. The standard InChI is InChI=1S/C16H26O2.C10H14O/c1-6-13(4)15-7-9-16(10-8-15)18-14(5)17-11-12(2)3;1-3-8(2)9-4-6-10(11)7-5-9/h7-10,12-14H,6,11H2,1-5H3;4-8,11H,3H2,1-2H3. The molecular formula is C26H40O3. The normalized spacial score (nSPS) is 13.9. The van der Waals surface area contributed by atoms with E-state index in [-0.39, 0.29) is 6.29 Å². The lowest BCUT2D eigenvalue weighted by Gasteiger charge is -2.17. The van der Waals surface area contributed by atoms with E-state index in [0.29, 0.717) is 23.5 Å². The van der Waals surface area contributed by atoms with Crippen LogP contribution in [0.2, 0.25) is 0 Å². The lowest BCUT2D eigenvalue weighted by molar-refractivity contribution is -0.0755. The highest BCUT2D eigenvalue weighted by molar-refractivity contribution is 5.29. The van der Waals surface area contributed by atoms with E-state index in [1.54, 1.807) is 12.1 Å². The molecule has 0 aromatic heterocycles. The fourth-order valence-electron chi connectivity index (χ4n) is 2.70. The van der Waals surface area contributed by atoms with Gasteiger partial charge in [-0.1, -0.05) is 65.8 Å². The fourth-order valence-corrected chi connectivity index (χ4v) is 2.70. The van der Waals surface area contributed by atoms with Gasteiger partial charge in [-0.2, -0.15) is 0 Å². The van der Waals surface area contributed by atoms with Gasteiger partial charge in [-0.25, -0.2) is 0 Å². The average molecular weight is 401 g/mol. The number of hydrogen-bond acceptors (Lipinski definition) is 3. The Labute approximate surface area is 178 Å². The maximum Gasteiger partial charge on any atom is 0.196 e. The van der Waals surface area contributed by atoms with E-state index in [9.17, 15) is 0 Å². The summed E-state index contributed by atoms with van der Waals surface area (Å²) in [5.74, 6) is 2.95. The Bertz CT molecular complexity index is 661. The Morgan fingerprint density at radius 2 is 1.17 bits per heavy atom. The molecule has 1 N–H and O–H groups in total. The van der Waals surface area contributed by atoms with Crippen LogP contribution in [0.1, 0.15) is 84.3 Å². The number of hydrogen-bond donors (Lipinski definition) is 1. The van der Waals surface area contributed by atoms with Crippen LogP contribution in [0.5, 0.6) is 11.5 Å². The lowest BCUT2D eigenvalue weighted by atomic mass is 9.99. The SMILES string of the molecule is CCC(C)c1ccc(O)cc1.CCC(C)c1ccc(OC(C)OCC(C)C)cc1. The summed E-state index contributed by atoms with van der Waals surface area (Å²) in [6.07, 6.45) is 2.11. The highest BCUT2D eigenvalue weighted by Crippen LogP contribution is 2.22. The molecule has 0 saturated carbocycles. The molecule has 29 heavy (non-hydrogen) atoms. The molecule has 0 aliphatic carbocycles. The van der Waals surface area contributed by atoms with Crippen molar-refractivity contribution >= 4 is 0 Å². The molecule has 0 heterocycles. The van der Waals surface area contributed by atoms with E-state index in [1.165, 1.54) is 11.1 Å². The van der Waals surface area contributed by atoms with Crippen LogP contribution < -0.4 is 4.74 Å². The summed E-state index contributed by atoms with van der Waals surface area (Å²) in [5, 5.41) is 9.01. The van der Waals surface area contributed by atoms with E-state index >= 15 is 0 Å². The Morgan fingerprint density at radius 1 is 0.724 bits per heavy atom. The zero-order chi connectivity index (χ0) is 21.8. The van der Waals surface area contributed by atoms with Crippen LogP contribution in [0.15, 0.2) is 48.5 Å². The minimum absolute atomic E-state index is 0.193. The smallest absolute Gasteiger partial charge is 0.196 e. The first-order chi connectivity index (χ1) is 13.8. The van der Waals surface area contributed by atoms with Gasteiger partial charge in [-0.3, -0.25) is 0 Å². The second-order valence-electron chi connectivity index (χ2n) is 8.19. The van der Waals surface area contributed by atoms with E-state index in [2.05, 4.69) is 53.7 Å². The molecule has 3 heteroatoms. The molecule has 0 amide bonds. The van der Waals surface area contributed by atoms with Crippen molar-refractivity contribution in [3.63, 3.8) is 0 Å². The number of phenols is 1. The number of benzene rings is 2. The maximum atomic E-state index is 9.01. The molecule has 0 saturated heterocycles. The summed E-state index contributed by atoms with van der Waals surface area (Å²) in [6.45, 7) is 15.7. The van der Waals surface area contributed by atoms with Crippen molar-refractivity contribution in [1.29, 1.82) is 0 Å². The molecule has 2 aromatic carbocycles. The summed E-state index contributed by atoms with van der Waals surface area (Å²) in [5.41, 5.74) is 2.66. The second kappa shape index (κ2) is 13.3. The van der Waals surface area contributed by atoms with E-state index in [0.717, 1.165) is 25.2 Å². The van der Waals surface area contributed by atoms with Crippen LogP contribution in [0.25, 0.3) is 0 Å². The molecule has 0 aliphatic rings. The van der Waals surface area contributed by atoms with Gasteiger partial charge in [-0.05, 0) is 72.9 Å². The Hall–Kier alpha value is -2.00. The van der Waals surface area contributed by atoms with Gasteiger partial charge in [-0.15, -0.1) is 0 Å². The quantitative estimate of drug-likeness (QED) is 0.443. The predicted molar refractivity (Wildman–Crippen MR) is 123 cm³/mol. The Balaban J connectivity index is 0.000000326. The Kier molecular flexibility index (Phi) is 11.5. The monoisotopic (exact) mass is 400 g/mol. The van der Waals surface area contributed by atoms with Gasteiger partial charge < -0.3 is 14.6 Å². The van der Waals surface area contributed by atoms with Crippen molar-refractivity contribution in [2.24, 2.45) is 5.92 Å². The first kappa shape index (κ1) is 25.0. The van der Waals surface area contributed by atoms with Gasteiger partial charge in [0.1, 0.15) is 11.5 Å². The van der Waals surface area contributed by atoms with Crippen LogP contribution in [-0.4, -0.2) is 18.0 Å². The molecule has 2 rings (SSSR count). The van der Waals surface area contributed by atoms with Crippen LogP contribution >= 0.6 is 0 Å². The van der Waals surface area contributed by atoms with E-state index < -0.39 is 0 Å². The van der Waals surface area contributed by atoms with Gasteiger partial charge in [0, 0.05) is 0 Å². The molecule has 0 aliphatic heterocycles. The number of rotatable bonds is 9. The minimum Gasteiger partial charge on any atom is -0.508 e. The molecular weight excluding hydrogens is 360 g/mol. The van der Waals surface area contributed by atoms with Gasteiger partial charge in [0.05, 0.1) is 6.61 Å². The van der Waals surface area contributed by atoms with Crippen LogP contribution in [0, 0.1) is 5.92 Å². The van der Waals surface area contributed by atoms with Crippen molar-refractivity contribution in [2.75, 3.05) is 6.61 Å². The maximum absolute atomic E-state index is 9.01. The fraction of sp³-hybridized carbons (Fsp3) is 0.538. The molecule has 2 aromatic rings. The van der Waals surface area contributed by atoms with E-state index in [1.807, 2.05) is 31.2 Å². The molecule has 3 unspecified atom stereocenters. The third-order valence-electron chi connectivity index (χ3n) is 5.10. The molecule has 0 bridgehead atoms. The highest BCUT2D eigenvalue weighted by Gasteiger charge is 2.07. The molecule has 0 radical (unpaired) electrons. The third-order valence-corrected chi connectivity index (χ3v) is 5.10. The summed E-state index contributed by atoms with van der Waals surface area (Å²) in [4.78, 5) is 0. The summed E-state index contributed by atoms with van der Waals surface area (Å²) >= 11 is 0.